The highest BCUT2D eigenvalue weighted by atomic mass is 14.4. The van der Waals surface area contributed by atoms with Crippen molar-refractivity contribution in [2.24, 2.45) is 0 Å². The molecule has 0 saturated carbocycles. The van der Waals surface area contributed by atoms with Gasteiger partial charge in [-0.3, -0.25) is 0 Å². The van der Waals surface area contributed by atoms with E-state index in [0.717, 1.165) is 6.42 Å². The first-order valence-corrected chi connectivity index (χ1v) is 8.36. The van der Waals surface area contributed by atoms with E-state index in [1.54, 1.807) is 5.57 Å². The van der Waals surface area contributed by atoms with E-state index in [1.165, 1.54) is 33.4 Å². The van der Waals surface area contributed by atoms with Gasteiger partial charge in [0.25, 0.3) is 0 Å². The smallest absolute Gasteiger partial charge is 0.0124 e. The summed E-state index contributed by atoms with van der Waals surface area (Å²) in [4.78, 5) is 0. The van der Waals surface area contributed by atoms with Gasteiger partial charge in [-0.2, -0.15) is 0 Å². The average Bonchev–Trinajstić information content (AvgIpc) is 2.72. The second-order valence-electron chi connectivity index (χ2n) is 7.13. The van der Waals surface area contributed by atoms with Gasteiger partial charge in [0.2, 0.25) is 0 Å². The molecule has 0 saturated heterocycles. The Bertz CT molecular complexity index is 858. The molecule has 0 amide bonds. The number of allylic oxidation sites excluding steroid dienone is 6. The quantitative estimate of drug-likeness (QED) is 0.598. The lowest BCUT2D eigenvalue weighted by Crippen LogP contribution is -2.17. The van der Waals surface area contributed by atoms with Crippen molar-refractivity contribution >= 4 is 11.1 Å². The molecule has 114 valence electrons. The van der Waals surface area contributed by atoms with E-state index in [4.69, 9.17) is 0 Å². The predicted molar refractivity (Wildman–Crippen MR) is 99.3 cm³/mol. The molecule has 0 heterocycles. The summed E-state index contributed by atoms with van der Waals surface area (Å²) >= 11 is 0. The first kappa shape index (κ1) is 14.3. The zero-order valence-electron chi connectivity index (χ0n) is 14.1. The molecule has 0 bridgehead atoms. The number of benzene rings is 2. The molecular weight excluding hydrogens is 276 g/mol. The van der Waals surface area contributed by atoms with Crippen molar-refractivity contribution in [1.82, 2.24) is 0 Å². The van der Waals surface area contributed by atoms with Gasteiger partial charge < -0.3 is 0 Å². The van der Waals surface area contributed by atoms with Crippen molar-refractivity contribution < 1.29 is 0 Å². The Kier molecular flexibility index (Phi) is 3.16. The minimum Gasteiger partial charge on any atom is -0.0725 e. The van der Waals surface area contributed by atoms with E-state index in [0.29, 0.717) is 0 Å². The van der Waals surface area contributed by atoms with Crippen LogP contribution in [-0.2, 0) is 5.41 Å². The van der Waals surface area contributed by atoms with Gasteiger partial charge >= 0.3 is 0 Å². The molecule has 0 spiro atoms. The van der Waals surface area contributed by atoms with E-state index in [9.17, 15) is 0 Å². The second kappa shape index (κ2) is 5.09. The van der Waals surface area contributed by atoms with E-state index in [-0.39, 0.29) is 5.41 Å². The maximum absolute atomic E-state index is 2.38. The molecule has 0 nitrogen and oxygen atoms in total. The summed E-state index contributed by atoms with van der Waals surface area (Å²) in [6.45, 7) is 6.91. The maximum Gasteiger partial charge on any atom is 0.0124 e. The van der Waals surface area contributed by atoms with Crippen LogP contribution in [0, 0.1) is 6.92 Å². The first-order chi connectivity index (χ1) is 11.1. The molecule has 0 heteroatoms. The largest absolute Gasteiger partial charge is 0.0725 e. The van der Waals surface area contributed by atoms with Crippen LogP contribution in [0.4, 0.5) is 0 Å². The van der Waals surface area contributed by atoms with Gasteiger partial charge in [0, 0.05) is 5.41 Å². The zero-order valence-corrected chi connectivity index (χ0v) is 14.1. The van der Waals surface area contributed by atoms with E-state index >= 15 is 0 Å². The molecule has 0 fully saturated rings. The highest BCUT2D eigenvalue weighted by Gasteiger charge is 2.36. The molecule has 0 aliphatic heterocycles. The molecule has 2 aliphatic carbocycles. The van der Waals surface area contributed by atoms with Crippen LogP contribution in [0.3, 0.4) is 0 Å². The summed E-state index contributed by atoms with van der Waals surface area (Å²) in [5, 5.41) is 0. The Balaban J connectivity index is 1.80. The molecule has 2 aromatic rings. The van der Waals surface area contributed by atoms with Gasteiger partial charge in [0.15, 0.2) is 0 Å². The third kappa shape index (κ3) is 2.21. The topological polar surface area (TPSA) is 0 Å². The fourth-order valence-corrected chi connectivity index (χ4v) is 3.93. The number of rotatable bonds is 1. The van der Waals surface area contributed by atoms with Gasteiger partial charge in [0.05, 0.1) is 0 Å². The molecule has 0 aromatic heterocycles. The Morgan fingerprint density at radius 2 is 1.70 bits per heavy atom. The lowest BCUT2D eigenvalue weighted by Gasteiger charge is -2.24. The molecule has 4 rings (SSSR count). The van der Waals surface area contributed by atoms with Crippen LogP contribution in [0.5, 0.6) is 0 Å². The summed E-state index contributed by atoms with van der Waals surface area (Å²) in [6.07, 6.45) is 8.01. The van der Waals surface area contributed by atoms with Crippen LogP contribution in [0.1, 0.15) is 42.5 Å². The molecule has 0 atom stereocenters. The summed E-state index contributed by atoms with van der Waals surface area (Å²) < 4.78 is 0. The SMILES string of the molecule is Cc1ccc2c(c1)C(C)(C)C1=C2C=CC(c2ccccc2)=CC1. The Morgan fingerprint density at radius 3 is 2.48 bits per heavy atom. The van der Waals surface area contributed by atoms with Crippen LogP contribution in [0.2, 0.25) is 0 Å². The molecular formula is C23H22. The second-order valence-corrected chi connectivity index (χ2v) is 7.13. The molecule has 23 heavy (non-hydrogen) atoms. The summed E-state index contributed by atoms with van der Waals surface area (Å²) in [6, 6.07) is 17.6. The highest BCUT2D eigenvalue weighted by Crippen LogP contribution is 2.49. The van der Waals surface area contributed by atoms with Crippen LogP contribution < -0.4 is 0 Å². The maximum atomic E-state index is 2.38. The van der Waals surface area contributed by atoms with Crippen molar-refractivity contribution in [3.63, 3.8) is 0 Å². The van der Waals surface area contributed by atoms with Gasteiger partial charge in [-0.05, 0) is 46.8 Å². The molecule has 0 N–H and O–H groups in total. The Morgan fingerprint density at radius 1 is 0.913 bits per heavy atom. The van der Waals surface area contributed by atoms with Crippen LogP contribution in [-0.4, -0.2) is 0 Å². The van der Waals surface area contributed by atoms with Crippen molar-refractivity contribution in [3.8, 4) is 0 Å². The summed E-state index contributed by atoms with van der Waals surface area (Å²) in [5.74, 6) is 0. The molecule has 2 aromatic carbocycles. The van der Waals surface area contributed by atoms with Crippen molar-refractivity contribution in [2.75, 3.05) is 0 Å². The summed E-state index contributed by atoms with van der Waals surface area (Å²) in [5.41, 5.74) is 9.94. The average molecular weight is 298 g/mol. The fourth-order valence-electron chi connectivity index (χ4n) is 3.93. The number of fused-ring (bicyclic) bond motifs is 2. The van der Waals surface area contributed by atoms with Crippen molar-refractivity contribution in [2.45, 2.75) is 32.6 Å². The van der Waals surface area contributed by atoms with Gasteiger partial charge in [0.1, 0.15) is 0 Å². The van der Waals surface area contributed by atoms with E-state index in [1.807, 2.05) is 0 Å². The van der Waals surface area contributed by atoms with Gasteiger partial charge in [-0.25, -0.2) is 0 Å². The normalized spacial score (nSPS) is 18.3. The van der Waals surface area contributed by atoms with Gasteiger partial charge in [-0.15, -0.1) is 0 Å². The summed E-state index contributed by atoms with van der Waals surface area (Å²) in [7, 11) is 0. The first-order valence-electron chi connectivity index (χ1n) is 8.36. The van der Waals surface area contributed by atoms with Gasteiger partial charge in [-0.1, -0.05) is 86.2 Å². The molecule has 0 radical (unpaired) electrons. The number of aryl methyl sites for hydroxylation is 1. The van der Waals surface area contributed by atoms with Crippen LogP contribution >= 0.6 is 0 Å². The van der Waals surface area contributed by atoms with Crippen LogP contribution in [0.25, 0.3) is 11.1 Å². The lowest BCUT2D eigenvalue weighted by molar-refractivity contribution is 0.625. The Labute approximate surface area is 138 Å². The zero-order chi connectivity index (χ0) is 16.0. The highest BCUT2D eigenvalue weighted by molar-refractivity contribution is 5.90. The number of hydrogen-bond donors (Lipinski definition) is 0. The third-order valence-corrected chi connectivity index (χ3v) is 5.28. The third-order valence-electron chi connectivity index (χ3n) is 5.28. The van der Waals surface area contributed by atoms with Crippen LogP contribution in [0.15, 0.2) is 72.3 Å². The van der Waals surface area contributed by atoms with Crippen molar-refractivity contribution in [1.29, 1.82) is 0 Å². The number of hydrogen-bond acceptors (Lipinski definition) is 0. The predicted octanol–water partition coefficient (Wildman–Crippen LogP) is 6.08. The monoisotopic (exact) mass is 298 g/mol. The van der Waals surface area contributed by atoms with E-state index < -0.39 is 0 Å². The minimum absolute atomic E-state index is 0.115. The molecule has 2 aliphatic rings. The minimum atomic E-state index is 0.115. The Hall–Kier alpha value is -2.34. The standard InChI is InChI=1S/C23H22/c1-16-9-12-20-19-13-10-18(17-7-5-4-6-8-17)11-14-21(19)23(2,3)22(20)15-16/h4-13,15H,14H2,1-3H3. The van der Waals surface area contributed by atoms with E-state index in [2.05, 4.69) is 87.5 Å². The molecule has 0 unspecified atom stereocenters. The van der Waals surface area contributed by atoms with Crippen molar-refractivity contribution in [3.05, 3.63) is 94.6 Å². The fraction of sp³-hybridized carbons (Fsp3) is 0.217. The lowest BCUT2D eigenvalue weighted by atomic mass is 9.79.